The van der Waals surface area contributed by atoms with Gasteiger partial charge in [-0.25, -0.2) is 8.42 Å². The molecule has 0 radical (unpaired) electrons. The van der Waals surface area contributed by atoms with Gasteiger partial charge < -0.3 is 0 Å². The Kier molecular flexibility index (Phi) is 5.98. The van der Waals surface area contributed by atoms with E-state index in [1.54, 1.807) is 27.2 Å². The minimum Gasteiger partial charge on any atom is -0.293 e. The van der Waals surface area contributed by atoms with Crippen molar-refractivity contribution in [2.45, 2.75) is 24.1 Å². The first-order valence-electron chi connectivity index (χ1n) is 9.32. The summed E-state index contributed by atoms with van der Waals surface area (Å²) in [5.74, 6) is 0.703. The second-order valence-electron chi connectivity index (χ2n) is 6.74. The minimum absolute atomic E-state index is 0.425. The SMILES string of the molecule is CCc1ccc(S(=O)(=O)N2CCN(Cc3nnnn3-c3ccc(Cl)cc3)CC2)s1. The zero-order chi connectivity index (χ0) is 20.4. The summed E-state index contributed by atoms with van der Waals surface area (Å²) in [5.41, 5.74) is 0.833. The van der Waals surface area contributed by atoms with Gasteiger partial charge in [0.05, 0.1) is 12.2 Å². The molecule has 3 heterocycles. The van der Waals surface area contributed by atoms with Crippen LogP contribution in [0.4, 0.5) is 0 Å². The molecule has 8 nitrogen and oxygen atoms in total. The molecule has 0 amide bonds. The molecule has 0 N–H and O–H groups in total. The van der Waals surface area contributed by atoms with E-state index in [0.717, 1.165) is 17.0 Å². The first-order valence-corrected chi connectivity index (χ1v) is 12.0. The Hall–Kier alpha value is -1.85. The molecule has 11 heteroatoms. The van der Waals surface area contributed by atoms with E-state index in [2.05, 4.69) is 20.4 Å². The number of aryl methyl sites for hydroxylation is 1. The average molecular weight is 453 g/mol. The van der Waals surface area contributed by atoms with Gasteiger partial charge in [0.15, 0.2) is 5.82 Å². The van der Waals surface area contributed by atoms with Crippen molar-refractivity contribution >= 4 is 33.0 Å². The van der Waals surface area contributed by atoms with Crippen LogP contribution < -0.4 is 0 Å². The van der Waals surface area contributed by atoms with Crippen molar-refractivity contribution in [3.63, 3.8) is 0 Å². The number of piperazine rings is 1. The highest BCUT2D eigenvalue weighted by Gasteiger charge is 2.30. The molecule has 1 aromatic carbocycles. The van der Waals surface area contributed by atoms with Crippen LogP contribution in [0.5, 0.6) is 0 Å². The molecule has 0 saturated carbocycles. The highest BCUT2D eigenvalue weighted by atomic mass is 35.5. The molecule has 3 aromatic rings. The van der Waals surface area contributed by atoms with Crippen LogP contribution in [-0.2, 0) is 23.0 Å². The van der Waals surface area contributed by atoms with Crippen LogP contribution in [0, 0.1) is 0 Å². The van der Waals surface area contributed by atoms with E-state index in [4.69, 9.17) is 11.6 Å². The molecule has 29 heavy (non-hydrogen) atoms. The van der Waals surface area contributed by atoms with E-state index >= 15 is 0 Å². The fourth-order valence-corrected chi connectivity index (χ4v) is 6.23. The van der Waals surface area contributed by atoms with Crippen LogP contribution >= 0.6 is 22.9 Å². The van der Waals surface area contributed by atoms with Crippen LogP contribution in [0.1, 0.15) is 17.6 Å². The maximum atomic E-state index is 12.9. The fraction of sp³-hybridized carbons (Fsp3) is 0.389. The molecular weight excluding hydrogens is 432 g/mol. The molecule has 0 aliphatic carbocycles. The largest absolute Gasteiger partial charge is 0.293 e. The first kappa shape index (κ1) is 20.4. The van der Waals surface area contributed by atoms with Gasteiger partial charge in [-0.3, -0.25) is 4.90 Å². The van der Waals surface area contributed by atoms with Crippen molar-refractivity contribution in [1.29, 1.82) is 0 Å². The van der Waals surface area contributed by atoms with Crippen molar-refractivity contribution in [1.82, 2.24) is 29.4 Å². The highest BCUT2D eigenvalue weighted by Crippen LogP contribution is 2.26. The van der Waals surface area contributed by atoms with Crippen LogP contribution in [0.15, 0.2) is 40.6 Å². The van der Waals surface area contributed by atoms with Crippen molar-refractivity contribution in [3.05, 3.63) is 52.1 Å². The number of benzene rings is 1. The second-order valence-corrected chi connectivity index (χ2v) is 10.5. The van der Waals surface area contributed by atoms with Gasteiger partial charge in [0.1, 0.15) is 4.21 Å². The summed E-state index contributed by atoms with van der Waals surface area (Å²) in [6.07, 6.45) is 0.844. The van der Waals surface area contributed by atoms with Crippen LogP contribution in [-0.4, -0.2) is 64.0 Å². The summed E-state index contributed by atoms with van der Waals surface area (Å²) in [6, 6.07) is 10.9. The molecule has 0 spiro atoms. The molecule has 154 valence electrons. The number of tetrazole rings is 1. The number of thiophene rings is 1. The number of hydrogen-bond acceptors (Lipinski definition) is 7. The van der Waals surface area contributed by atoms with E-state index < -0.39 is 10.0 Å². The maximum absolute atomic E-state index is 12.9. The van der Waals surface area contributed by atoms with E-state index in [1.165, 1.54) is 11.3 Å². The van der Waals surface area contributed by atoms with Gasteiger partial charge in [0, 0.05) is 36.1 Å². The minimum atomic E-state index is -3.42. The lowest BCUT2D eigenvalue weighted by molar-refractivity contribution is 0.177. The molecule has 1 saturated heterocycles. The van der Waals surface area contributed by atoms with E-state index in [1.807, 2.05) is 25.1 Å². The van der Waals surface area contributed by atoms with Crippen LogP contribution in [0.3, 0.4) is 0 Å². The Balaban J connectivity index is 1.41. The summed E-state index contributed by atoms with van der Waals surface area (Å²) >= 11 is 7.31. The summed E-state index contributed by atoms with van der Waals surface area (Å²) in [5, 5.41) is 12.6. The molecule has 1 fully saturated rings. The predicted molar refractivity (Wildman–Crippen MR) is 112 cm³/mol. The maximum Gasteiger partial charge on any atom is 0.252 e. The highest BCUT2D eigenvalue weighted by molar-refractivity contribution is 7.91. The quantitative estimate of drug-likeness (QED) is 0.571. The Morgan fingerprint density at radius 2 is 1.79 bits per heavy atom. The van der Waals surface area contributed by atoms with E-state index in [0.29, 0.717) is 47.8 Å². The van der Waals surface area contributed by atoms with Crippen LogP contribution in [0.2, 0.25) is 5.02 Å². The lowest BCUT2D eigenvalue weighted by Crippen LogP contribution is -2.48. The van der Waals surface area contributed by atoms with Crippen molar-refractivity contribution in [3.8, 4) is 5.69 Å². The fourth-order valence-electron chi connectivity index (χ4n) is 3.23. The van der Waals surface area contributed by atoms with Gasteiger partial charge in [-0.1, -0.05) is 18.5 Å². The third kappa shape index (κ3) is 4.36. The van der Waals surface area contributed by atoms with Gasteiger partial charge in [-0.2, -0.15) is 8.99 Å². The van der Waals surface area contributed by atoms with Gasteiger partial charge in [0.25, 0.3) is 10.0 Å². The summed E-state index contributed by atoms with van der Waals surface area (Å²) in [7, 11) is -3.42. The third-order valence-electron chi connectivity index (χ3n) is 4.88. The molecule has 0 unspecified atom stereocenters. The second kappa shape index (κ2) is 8.49. The smallest absolute Gasteiger partial charge is 0.252 e. The Labute approximate surface area is 178 Å². The zero-order valence-corrected chi connectivity index (χ0v) is 18.3. The van der Waals surface area contributed by atoms with Crippen molar-refractivity contribution in [2.24, 2.45) is 0 Å². The summed E-state index contributed by atoms with van der Waals surface area (Å²) < 4.78 is 29.4. The first-order chi connectivity index (χ1) is 14.0. The number of hydrogen-bond donors (Lipinski definition) is 0. The standard InChI is InChI=1S/C18H21ClN6O2S2/c1-2-16-7-8-18(28-16)29(26,27)24-11-9-23(10-12-24)13-17-20-21-22-25(17)15-5-3-14(19)4-6-15/h3-8H,2,9-13H2,1H3. The third-order valence-corrected chi connectivity index (χ3v) is 8.73. The number of aromatic nitrogens is 4. The van der Waals surface area contributed by atoms with Gasteiger partial charge in [0.2, 0.25) is 0 Å². The van der Waals surface area contributed by atoms with Crippen LogP contribution in [0.25, 0.3) is 5.69 Å². The van der Waals surface area contributed by atoms with Gasteiger partial charge >= 0.3 is 0 Å². The topological polar surface area (TPSA) is 84.2 Å². The lowest BCUT2D eigenvalue weighted by Gasteiger charge is -2.33. The van der Waals surface area contributed by atoms with Gasteiger partial charge in [-0.05, 0) is 53.2 Å². The Morgan fingerprint density at radius 1 is 1.07 bits per heavy atom. The van der Waals surface area contributed by atoms with Crippen molar-refractivity contribution in [2.75, 3.05) is 26.2 Å². The van der Waals surface area contributed by atoms with E-state index in [-0.39, 0.29) is 0 Å². The molecule has 0 atom stereocenters. The molecule has 4 rings (SSSR count). The number of halogens is 1. The summed E-state index contributed by atoms with van der Waals surface area (Å²) in [4.78, 5) is 3.24. The number of nitrogens with zero attached hydrogens (tertiary/aromatic N) is 6. The number of rotatable bonds is 6. The molecular formula is C18H21ClN6O2S2. The Bertz CT molecular complexity index is 1070. The molecule has 1 aliphatic heterocycles. The molecule has 0 bridgehead atoms. The molecule has 1 aliphatic rings. The van der Waals surface area contributed by atoms with Gasteiger partial charge in [-0.15, -0.1) is 16.4 Å². The number of sulfonamides is 1. The monoisotopic (exact) mass is 452 g/mol. The summed E-state index contributed by atoms with van der Waals surface area (Å²) in [6.45, 7) is 4.72. The zero-order valence-electron chi connectivity index (χ0n) is 15.9. The Morgan fingerprint density at radius 3 is 2.45 bits per heavy atom. The molecule has 2 aromatic heterocycles. The lowest BCUT2D eigenvalue weighted by atomic mass is 10.3. The predicted octanol–water partition coefficient (Wildman–Crippen LogP) is 2.45. The van der Waals surface area contributed by atoms with Crippen molar-refractivity contribution < 1.29 is 8.42 Å². The van der Waals surface area contributed by atoms with E-state index in [9.17, 15) is 8.42 Å². The normalized spacial score (nSPS) is 16.3. The average Bonchev–Trinajstić information content (AvgIpc) is 3.39.